The van der Waals surface area contributed by atoms with Gasteiger partial charge in [-0.1, -0.05) is 29.8 Å². The van der Waals surface area contributed by atoms with Gasteiger partial charge in [0.05, 0.1) is 12.2 Å². The zero-order valence-corrected chi connectivity index (χ0v) is 22.7. The minimum absolute atomic E-state index is 0.0913. The molecule has 3 amide bonds. The fourth-order valence-electron chi connectivity index (χ4n) is 4.75. The molecule has 0 bridgehead atoms. The second-order valence-electron chi connectivity index (χ2n) is 9.34. The third-order valence-corrected chi connectivity index (χ3v) is 8.65. The fourth-order valence-corrected chi connectivity index (χ4v) is 6.13. The number of rotatable bonds is 8. The molecule has 1 saturated carbocycles. The molecule has 3 atom stereocenters. The summed E-state index contributed by atoms with van der Waals surface area (Å²) in [6.45, 7) is 6.09. The summed E-state index contributed by atoms with van der Waals surface area (Å²) in [5.41, 5.74) is -0.421. The van der Waals surface area contributed by atoms with Crippen LogP contribution >= 0.6 is 11.6 Å². The third-order valence-electron chi connectivity index (χ3n) is 7.01. The molecule has 1 aliphatic heterocycles. The molecule has 0 radical (unpaired) electrons. The van der Waals surface area contributed by atoms with Crippen molar-refractivity contribution in [2.45, 2.75) is 29.8 Å². The van der Waals surface area contributed by atoms with E-state index < -0.39 is 39.3 Å². The first-order valence-corrected chi connectivity index (χ1v) is 13.9. The van der Waals surface area contributed by atoms with Crippen LogP contribution < -0.4 is 20.3 Å². The molecule has 2 aromatic rings. The van der Waals surface area contributed by atoms with Crippen molar-refractivity contribution in [1.82, 2.24) is 14.9 Å². The van der Waals surface area contributed by atoms with Gasteiger partial charge in [0, 0.05) is 43.7 Å². The lowest BCUT2D eigenvalue weighted by Gasteiger charge is -2.42. The third kappa shape index (κ3) is 5.34. The van der Waals surface area contributed by atoms with Gasteiger partial charge in [-0.05, 0) is 42.8 Å². The summed E-state index contributed by atoms with van der Waals surface area (Å²) in [5.74, 6) is -1.98. The van der Waals surface area contributed by atoms with Crippen LogP contribution in [0.1, 0.15) is 13.3 Å². The van der Waals surface area contributed by atoms with Crippen molar-refractivity contribution in [3.05, 3.63) is 66.2 Å². The number of piperazine rings is 1. The maximum atomic E-state index is 13.7. The molecule has 202 valence electrons. The Bertz CT molecular complexity index is 1370. The Labute approximate surface area is 227 Å². The first-order valence-electron chi connectivity index (χ1n) is 12.1. The number of hydrogen-bond donors (Lipinski definition) is 3. The Morgan fingerprint density at radius 1 is 1.11 bits per heavy atom. The molecule has 12 heteroatoms. The maximum Gasteiger partial charge on any atom is 0.266 e. The van der Waals surface area contributed by atoms with E-state index in [2.05, 4.69) is 21.9 Å². The van der Waals surface area contributed by atoms with Crippen LogP contribution in [0.2, 0.25) is 5.02 Å². The predicted octanol–water partition coefficient (Wildman–Crippen LogP) is 1.98. The van der Waals surface area contributed by atoms with Crippen molar-refractivity contribution in [1.29, 1.82) is 0 Å². The number of amides is 3. The van der Waals surface area contributed by atoms with E-state index in [0.717, 1.165) is 5.69 Å². The summed E-state index contributed by atoms with van der Waals surface area (Å²) in [4.78, 5) is 42.5. The van der Waals surface area contributed by atoms with Crippen molar-refractivity contribution in [2.75, 3.05) is 36.9 Å². The smallest absolute Gasteiger partial charge is 0.266 e. The topological polar surface area (TPSA) is 128 Å². The molecule has 2 aliphatic rings. The molecular formula is C26H30ClN5O5S. The van der Waals surface area contributed by atoms with Crippen molar-refractivity contribution in [3.8, 4) is 0 Å². The van der Waals surface area contributed by atoms with Crippen LogP contribution in [0.4, 0.5) is 11.4 Å². The number of anilines is 2. The van der Waals surface area contributed by atoms with E-state index in [1.54, 1.807) is 54.4 Å². The average Bonchev–Trinajstić information content (AvgIpc) is 3.62. The molecule has 3 N–H and O–H groups in total. The maximum absolute atomic E-state index is 13.7. The minimum Gasteiger partial charge on any atom is -0.387 e. The van der Waals surface area contributed by atoms with Gasteiger partial charge in [0.2, 0.25) is 11.8 Å². The lowest BCUT2D eigenvalue weighted by molar-refractivity contribution is -0.133. The fraction of sp³-hybridized carbons (Fsp3) is 0.346. The molecular weight excluding hydrogens is 530 g/mol. The van der Waals surface area contributed by atoms with Crippen molar-refractivity contribution >= 4 is 50.7 Å². The second-order valence-corrected chi connectivity index (χ2v) is 11.4. The molecule has 1 heterocycles. The van der Waals surface area contributed by atoms with Gasteiger partial charge < -0.3 is 20.4 Å². The molecule has 10 nitrogen and oxygen atoms in total. The van der Waals surface area contributed by atoms with E-state index in [9.17, 15) is 22.8 Å². The Hall–Kier alpha value is -3.57. The highest BCUT2D eigenvalue weighted by atomic mass is 35.5. The number of para-hydroxylation sites is 1. The lowest BCUT2D eigenvalue weighted by atomic mass is 10.1. The number of benzene rings is 2. The summed E-state index contributed by atoms with van der Waals surface area (Å²) in [6.07, 6.45) is 1.72. The molecule has 1 unspecified atom stereocenters. The summed E-state index contributed by atoms with van der Waals surface area (Å²) < 4.78 is 28.3. The van der Waals surface area contributed by atoms with Crippen molar-refractivity contribution in [2.24, 2.45) is 5.92 Å². The summed E-state index contributed by atoms with van der Waals surface area (Å²) in [5, 5.41) is 6.14. The first-order chi connectivity index (χ1) is 18.0. The number of hydrogen-bond acceptors (Lipinski definition) is 7. The van der Waals surface area contributed by atoms with Crippen LogP contribution in [0, 0.1) is 5.92 Å². The molecule has 0 spiro atoms. The van der Waals surface area contributed by atoms with Crippen LogP contribution in [0.15, 0.2) is 66.1 Å². The summed E-state index contributed by atoms with van der Waals surface area (Å²) in [7, 11) is -2.66. The molecule has 1 aliphatic carbocycles. The van der Waals surface area contributed by atoms with E-state index in [0.29, 0.717) is 23.8 Å². The lowest BCUT2D eigenvalue weighted by Crippen LogP contribution is -2.63. The Kier molecular flexibility index (Phi) is 7.70. The van der Waals surface area contributed by atoms with E-state index in [1.165, 1.54) is 19.1 Å². The standard InChI is InChI=1S/C26H30ClN5O5S/c1-4-18-15-26(18,25(35)30-38(36,37)23-8-6-5-7-21(23)28-3)29-24(34)22-16-31(17(2)33)13-14-32(22)20-11-9-19(27)10-12-20/h4-12,18,22,28H,1,13-16H2,2-3H3,(H,29,34)(H,30,35)/t18-,22?,26-/m1/s1. The first kappa shape index (κ1) is 27.5. The quantitative estimate of drug-likeness (QED) is 0.422. The van der Waals surface area contributed by atoms with E-state index in [4.69, 9.17) is 11.6 Å². The number of sulfonamides is 1. The number of halogens is 1. The van der Waals surface area contributed by atoms with Crippen LogP contribution in [0.25, 0.3) is 0 Å². The van der Waals surface area contributed by atoms with Crippen LogP contribution in [-0.2, 0) is 24.4 Å². The van der Waals surface area contributed by atoms with E-state index >= 15 is 0 Å². The molecule has 2 fully saturated rings. The largest absolute Gasteiger partial charge is 0.387 e. The van der Waals surface area contributed by atoms with Crippen molar-refractivity contribution < 1.29 is 22.8 Å². The monoisotopic (exact) mass is 559 g/mol. The van der Waals surface area contributed by atoms with Gasteiger partial charge in [0.25, 0.3) is 15.9 Å². The summed E-state index contributed by atoms with van der Waals surface area (Å²) >= 11 is 6.03. The Balaban J connectivity index is 1.59. The van der Waals surface area contributed by atoms with Gasteiger partial charge in [-0.25, -0.2) is 13.1 Å². The number of nitrogens with zero attached hydrogens (tertiary/aromatic N) is 2. The van der Waals surface area contributed by atoms with Crippen LogP contribution in [0.5, 0.6) is 0 Å². The molecule has 2 aromatic carbocycles. The highest BCUT2D eigenvalue weighted by molar-refractivity contribution is 7.90. The second kappa shape index (κ2) is 10.7. The van der Waals surface area contributed by atoms with E-state index in [1.807, 2.05) is 4.90 Å². The van der Waals surface area contributed by atoms with Gasteiger partial charge in [-0.3, -0.25) is 14.4 Å². The minimum atomic E-state index is -4.24. The van der Waals surface area contributed by atoms with Gasteiger partial charge in [-0.15, -0.1) is 6.58 Å². The zero-order chi connectivity index (χ0) is 27.7. The number of nitrogens with one attached hydrogen (secondary N) is 3. The normalized spacial score (nSPS) is 22.8. The number of carbonyl (C=O) groups is 3. The highest BCUT2D eigenvalue weighted by Crippen LogP contribution is 2.45. The predicted molar refractivity (Wildman–Crippen MR) is 145 cm³/mol. The molecule has 1 saturated heterocycles. The number of carbonyl (C=O) groups excluding carboxylic acids is 3. The highest BCUT2D eigenvalue weighted by Gasteiger charge is 2.61. The SMILES string of the molecule is C=C[C@@H]1C[C@]1(NC(=O)C1CN(C(C)=O)CCN1c1ccc(Cl)cc1)C(=O)NS(=O)(=O)c1ccccc1NC. The molecule has 38 heavy (non-hydrogen) atoms. The van der Waals surface area contributed by atoms with Gasteiger partial charge >= 0.3 is 0 Å². The summed E-state index contributed by atoms with van der Waals surface area (Å²) in [6, 6.07) is 12.4. The zero-order valence-electron chi connectivity index (χ0n) is 21.1. The average molecular weight is 560 g/mol. The van der Waals surface area contributed by atoms with Gasteiger partial charge in [0.1, 0.15) is 16.5 Å². The molecule has 4 rings (SSSR count). The van der Waals surface area contributed by atoms with Crippen LogP contribution in [0.3, 0.4) is 0 Å². The molecule has 0 aromatic heterocycles. The van der Waals surface area contributed by atoms with Gasteiger partial charge in [0.15, 0.2) is 0 Å². The van der Waals surface area contributed by atoms with Crippen LogP contribution in [-0.4, -0.2) is 69.3 Å². The van der Waals surface area contributed by atoms with Crippen molar-refractivity contribution in [3.63, 3.8) is 0 Å². The van der Waals surface area contributed by atoms with E-state index in [-0.39, 0.29) is 23.8 Å². The Morgan fingerprint density at radius 2 is 1.79 bits per heavy atom. The van der Waals surface area contributed by atoms with Gasteiger partial charge in [-0.2, -0.15) is 0 Å². The Morgan fingerprint density at radius 3 is 2.39 bits per heavy atom.